The molecule has 1 aliphatic carbocycles. The highest BCUT2D eigenvalue weighted by Crippen LogP contribution is 2.37. The zero-order valence-corrected chi connectivity index (χ0v) is 22.5. The number of benzene rings is 1. The van der Waals surface area contributed by atoms with Crippen LogP contribution in [-0.2, 0) is 20.9 Å². The molecular formula is C25H29IN2O9. The number of amides is 2. The summed E-state index contributed by atoms with van der Waals surface area (Å²) in [4.78, 5) is 38.7. The number of hydrogen-bond donors (Lipinski definition) is 3. The van der Waals surface area contributed by atoms with Gasteiger partial charge in [0.2, 0.25) is 11.8 Å². The van der Waals surface area contributed by atoms with E-state index in [9.17, 15) is 19.5 Å². The Morgan fingerprint density at radius 1 is 1.32 bits per heavy atom. The summed E-state index contributed by atoms with van der Waals surface area (Å²) in [5, 5.41) is 23.2. The Balaban J connectivity index is 2.01. The molecule has 2 aromatic rings. The molecule has 1 aliphatic rings. The van der Waals surface area contributed by atoms with Gasteiger partial charge in [-0.3, -0.25) is 14.4 Å². The Morgan fingerprint density at radius 2 is 2.11 bits per heavy atom. The maximum absolute atomic E-state index is 13.1. The number of methoxy groups -OCH3 is 2. The number of aldehydes is 1. The molecule has 0 saturated carbocycles. The minimum absolute atomic E-state index is 0.0316. The average Bonchev–Trinajstić information content (AvgIpc) is 3.41. The molecule has 1 aromatic carbocycles. The van der Waals surface area contributed by atoms with Gasteiger partial charge in [-0.25, -0.2) is 0 Å². The Hall–Kier alpha value is -2.94. The fourth-order valence-electron chi connectivity index (χ4n) is 4.01. The van der Waals surface area contributed by atoms with Crippen molar-refractivity contribution in [2.24, 2.45) is 0 Å². The number of nitrogens with zero attached hydrogens (tertiary/aromatic N) is 1. The van der Waals surface area contributed by atoms with E-state index in [-0.39, 0.29) is 49.8 Å². The summed E-state index contributed by atoms with van der Waals surface area (Å²) in [5.74, 6) is -0.311. The van der Waals surface area contributed by atoms with Crippen molar-refractivity contribution in [3.8, 4) is 11.5 Å². The molecule has 0 fully saturated rings. The number of aliphatic hydroxyl groups is 2. The molecule has 37 heavy (non-hydrogen) atoms. The summed E-state index contributed by atoms with van der Waals surface area (Å²) >= 11 is 1.99. The molecule has 200 valence electrons. The first-order valence-electron chi connectivity index (χ1n) is 11.4. The van der Waals surface area contributed by atoms with Gasteiger partial charge in [-0.05, 0) is 46.9 Å². The average molecular weight is 628 g/mol. The van der Waals surface area contributed by atoms with Crippen molar-refractivity contribution in [1.29, 1.82) is 0 Å². The lowest BCUT2D eigenvalue weighted by Crippen LogP contribution is -2.55. The summed E-state index contributed by atoms with van der Waals surface area (Å²) in [7, 11) is 2.81. The van der Waals surface area contributed by atoms with Crippen molar-refractivity contribution < 1.29 is 43.2 Å². The second kappa shape index (κ2) is 13.6. The molecule has 0 saturated heterocycles. The first-order valence-corrected chi connectivity index (χ1v) is 12.5. The Morgan fingerprint density at radius 3 is 2.73 bits per heavy atom. The number of ether oxygens (including phenoxy) is 3. The van der Waals surface area contributed by atoms with E-state index < -0.39 is 30.1 Å². The SMILES string of the molecule is COCC(=O)N(Cc1ccoc1)C1CC(C(=O)NCCO)=CC(Oc2c(I)cc(C=O)cc2OC)C1O. The number of carbonyl (C=O) groups excluding carboxylic acids is 3. The number of halogens is 1. The minimum atomic E-state index is -1.24. The van der Waals surface area contributed by atoms with Crippen LogP contribution >= 0.6 is 22.6 Å². The summed E-state index contributed by atoms with van der Waals surface area (Å²) in [6.45, 7) is -0.341. The molecule has 3 atom stereocenters. The smallest absolute Gasteiger partial charge is 0.249 e. The van der Waals surface area contributed by atoms with Crippen LogP contribution in [0.25, 0.3) is 0 Å². The topological polar surface area (TPSA) is 148 Å². The maximum atomic E-state index is 13.1. The highest BCUT2D eigenvalue weighted by atomic mass is 127. The maximum Gasteiger partial charge on any atom is 0.249 e. The molecule has 2 amide bonds. The van der Waals surface area contributed by atoms with Crippen molar-refractivity contribution in [3.63, 3.8) is 0 Å². The third-order valence-corrected chi connectivity index (χ3v) is 6.58. The Bertz CT molecular complexity index is 1120. The lowest BCUT2D eigenvalue weighted by atomic mass is 9.88. The van der Waals surface area contributed by atoms with Gasteiger partial charge >= 0.3 is 0 Å². The van der Waals surface area contributed by atoms with Crippen LogP contribution < -0.4 is 14.8 Å². The van der Waals surface area contributed by atoms with E-state index in [1.165, 1.54) is 43.8 Å². The van der Waals surface area contributed by atoms with Gasteiger partial charge in [-0.15, -0.1) is 0 Å². The molecule has 0 radical (unpaired) electrons. The van der Waals surface area contributed by atoms with Gasteiger partial charge in [0, 0.05) is 43.3 Å². The lowest BCUT2D eigenvalue weighted by molar-refractivity contribution is -0.143. The molecule has 12 heteroatoms. The van der Waals surface area contributed by atoms with E-state index >= 15 is 0 Å². The molecular weight excluding hydrogens is 599 g/mol. The molecule has 3 rings (SSSR count). The van der Waals surface area contributed by atoms with Crippen LogP contribution in [0.3, 0.4) is 0 Å². The first kappa shape index (κ1) is 28.6. The van der Waals surface area contributed by atoms with Crippen molar-refractivity contribution in [2.45, 2.75) is 31.2 Å². The third kappa shape index (κ3) is 7.09. The molecule has 11 nitrogen and oxygen atoms in total. The fraction of sp³-hybridized carbons (Fsp3) is 0.400. The van der Waals surface area contributed by atoms with Crippen LogP contribution in [0, 0.1) is 3.57 Å². The van der Waals surface area contributed by atoms with Gasteiger partial charge in [0.15, 0.2) is 11.5 Å². The monoisotopic (exact) mass is 628 g/mol. The van der Waals surface area contributed by atoms with Crippen molar-refractivity contribution in [3.05, 3.63) is 57.1 Å². The third-order valence-electron chi connectivity index (χ3n) is 5.78. The van der Waals surface area contributed by atoms with Gasteiger partial charge < -0.3 is 39.1 Å². The van der Waals surface area contributed by atoms with Gasteiger partial charge in [0.05, 0.1) is 35.9 Å². The highest BCUT2D eigenvalue weighted by Gasteiger charge is 2.41. The summed E-state index contributed by atoms with van der Waals surface area (Å²) in [6.07, 6.45) is 2.87. The second-order valence-electron chi connectivity index (χ2n) is 8.25. The summed E-state index contributed by atoms with van der Waals surface area (Å²) in [5.41, 5.74) is 1.34. The number of aliphatic hydroxyl groups excluding tert-OH is 2. The summed E-state index contributed by atoms with van der Waals surface area (Å²) < 4.78 is 22.3. The van der Waals surface area contributed by atoms with Crippen molar-refractivity contribution >= 4 is 40.7 Å². The number of nitrogens with one attached hydrogen (secondary N) is 1. The van der Waals surface area contributed by atoms with Crippen molar-refractivity contribution in [2.75, 3.05) is 34.0 Å². The molecule has 1 heterocycles. The molecule has 3 unspecified atom stereocenters. The predicted octanol–water partition coefficient (Wildman–Crippen LogP) is 1.30. The zero-order valence-electron chi connectivity index (χ0n) is 20.4. The molecule has 3 N–H and O–H groups in total. The Labute approximate surface area is 227 Å². The van der Waals surface area contributed by atoms with E-state index in [4.69, 9.17) is 23.7 Å². The number of carbonyl (C=O) groups is 3. The molecule has 1 aromatic heterocycles. The van der Waals surface area contributed by atoms with Crippen LogP contribution in [0.5, 0.6) is 11.5 Å². The highest BCUT2D eigenvalue weighted by molar-refractivity contribution is 14.1. The van der Waals surface area contributed by atoms with E-state index in [0.29, 0.717) is 21.0 Å². The Kier molecular flexibility index (Phi) is 10.5. The molecule has 0 bridgehead atoms. The van der Waals surface area contributed by atoms with E-state index in [0.717, 1.165) is 0 Å². The van der Waals surface area contributed by atoms with Crippen LogP contribution in [0.15, 0.2) is 46.8 Å². The van der Waals surface area contributed by atoms with E-state index in [1.807, 2.05) is 22.6 Å². The van der Waals surface area contributed by atoms with Crippen LogP contribution in [0.1, 0.15) is 22.3 Å². The zero-order chi connectivity index (χ0) is 26.9. The van der Waals surface area contributed by atoms with Gasteiger partial charge in [0.25, 0.3) is 0 Å². The second-order valence-corrected chi connectivity index (χ2v) is 9.42. The number of hydrogen-bond acceptors (Lipinski definition) is 9. The van der Waals surface area contributed by atoms with Crippen LogP contribution in [0.4, 0.5) is 0 Å². The molecule has 0 aliphatic heterocycles. The van der Waals surface area contributed by atoms with Gasteiger partial charge in [0.1, 0.15) is 25.1 Å². The predicted molar refractivity (Wildman–Crippen MR) is 139 cm³/mol. The first-order chi connectivity index (χ1) is 17.8. The van der Waals surface area contributed by atoms with Gasteiger partial charge in [-0.2, -0.15) is 0 Å². The minimum Gasteiger partial charge on any atom is -0.493 e. The van der Waals surface area contributed by atoms with Gasteiger partial charge in [-0.1, -0.05) is 0 Å². The number of rotatable bonds is 12. The van der Waals surface area contributed by atoms with E-state index in [1.54, 1.807) is 12.1 Å². The fourth-order valence-corrected chi connectivity index (χ4v) is 4.77. The largest absolute Gasteiger partial charge is 0.493 e. The van der Waals surface area contributed by atoms with E-state index in [2.05, 4.69) is 5.32 Å². The quantitative estimate of drug-likeness (QED) is 0.234. The summed E-state index contributed by atoms with van der Waals surface area (Å²) in [6, 6.07) is 3.94. The van der Waals surface area contributed by atoms with Crippen LogP contribution in [0.2, 0.25) is 0 Å². The molecule has 0 spiro atoms. The van der Waals surface area contributed by atoms with Crippen molar-refractivity contribution in [1.82, 2.24) is 10.2 Å². The lowest BCUT2D eigenvalue weighted by Gasteiger charge is -2.40. The van der Waals surface area contributed by atoms with Crippen LogP contribution in [-0.4, -0.2) is 85.4 Å². The standard InChI is InChI=1S/C25H29IN2O9/c1-34-14-22(31)28(11-15-3-6-36-13-15)19-9-17(25(33)27-4-5-29)10-20(23(19)32)37-24-18(26)7-16(12-30)8-21(24)35-2/h3,6-8,10,12-13,19-20,23,29,32H,4-5,9,11,14H2,1-2H3,(H,27,33). The number of furan rings is 1. The normalized spacial score (nSPS) is 19.1.